The number of nitrogen functional groups attached to an aromatic ring is 1. The van der Waals surface area contributed by atoms with E-state index in [9.17, 15) is 9.18 Å². The molecule has 1 aliphatic heterocycles. The van der Waals surface area contributed by atoms with Crippen molar-refractivity contribution in [2.45, 2.75) is 51.6 Å². The van der Waals surface area contributed by atoms with Crippen LogP contribution in [0, 0.1) is 11.2 Å². The molecule has 1 saturated carbocycles. The molecule has 0 aromatic heterocycles. The fourth-order valence-electron chi connectivity index (χ4n) is 3.83. The number of rotatable bonds is 1. The van der Waals surface area contributed by atoms with E-state index in [0.29, 0.717) is 5.69 Å². The van der Waals surface area contributed by atoms with Crippen LogP contribution in [0.5, 0.6) is 0 Å². The number of carbonyl (C=O) groups is 1. The Bertz CT molecular complexity index is 618. The molecule has 1 aliphatic carbocycles. The summed E-state index contributed by atoms with van der Waals surface area (Å²) < 4.78 is 19.5. The van der Waals surface area contributed by atoms with Gasteiger partial charge in [-0.2, -0.15) is 0 Å². The molecule has 1 heterocycles. The third kappa shape index (κ3) is 3.28. The highest BCUT2D eigenvalue weighted by Gasteiger charge is 2.50. The molecule has 2 N–H and O–H groups in total. The average Bonchev–Trinajstić information content (AvgIpc) is 2.81. The van der Waals surface area contributed by atoms with Crippen LogP contribution in [-0.2, 0) is 4.74 Å². The number of nitrogens with zero attached hydrogens (tertiary/aromatic N) is 1. The summed E-state index contributed by atoms with van der Waals surface area (Å²) in [6, 6.07) is 4.94. The lowest BCUT2D eigenvalue weighted by Gasteiger charge is -2.45. The molecule has 1 aromatic rings. The molecule has 23 heavy (non-hydrogen) atoms. The highest BCUT2D eigenvalue weighted by Crippen LogP contribution is 2.56. The summed E-state index contributed by atoms with van der Waals surface area (Å²) in [5.41, 5.74) is 6.48. The van der Waals surface area contributed by atoms with E-state index in [2.05, 4.69) is 0 Å². The molecule has 126 valence electrons. The highest BCUT2D eigenvalue weighted by molar-refractivity contribution is 5.68. The van der Waals surface area contributed by atoms with Crippen LogP contribution in [-0.4, -0.2) is 29.7 Å². The standard InChI is InChI=1S/C18H25FN2O2/c1-17(2,3)23-16(22)21-7-6-18(11-21)9-12(10-18)14-5-4-13(20)8-15(14)19/h4-5,8,12H,6-7,9-11,20H2,1-3H3. The number of halogens is 1. The van der Waals surface area contributed by atoms with Crippen LogP contribution in [0.2, 0.25) is 0 Å². The Morgan fingerprint density at radius 1 is 1.39 bits per heavy atom. The maximum Gasteiger partial charge on any atom is 0.410 e. The van der Waals surface area contributed by atoms with E-state index in [0.717, 1.165) is 37.9 Å². The van der Waals surface area contributed by atoms with Crippen molar-refractivity contribution in [3.8, 4) is 0 Å². The zero-order valence-electron chi connectivity index (χ0n) is 14.1. The average molecular weight is 320 g/mol. The molecule has 1 amide bonds. The van der Waals surface area contributed by atoms with E-state index in [1.165, 1.54) is 6.07 Å². The lowest BCUT2D eigenvalue weighted by Crippen LogP contribution is -2.41. The molecule has 0 radical (unpaired) electrons. The van der Waals surface area contributed by atoms with Crippen molar-refractivity contribution in [1.29, 1.82) is 0 Å². The van der Waals surface area contributed by atoms with E-state index in [-0.39, 0.29) is 23.2 Å². The smallest absolute Gasteiger partial charge is 0.410 e. The van der Waals surface area contributed by atoms with Crippen molar-refractivity contribution < 1.29 is 13.9 Å². The van der Waals surface area contributed by atoms with Crippen molar-refractivity contribution in [1.82, 2.24) is 4.90 Å². The van der Waals surface area contributed by atoms with Gasteiger partial charge in [-0.1, -0.05) is 6.07 Å². The minimum Gasteiger partial charge on any atom is -0.444 e. The van der Waals surface area contributed by atoms with Gasteiger partial charge in [0.05, 0.1) is 0 Å². The predicted molar refractivity (Wildman–Crippen MR) is 87.6 cm³/mol. The van der Waals surface area contributed by atoms with Crippen molar-refractivity contribution in [2.24, 2.45) is 5.41 Å². The summed E-state index contributed by atoms with van der Waals surface area (Å²) in [4.78, 5) is 14.0. The zero-order valence-corrected chi connectivity index (χ0v) is 14.1. The Hall–Kier alpha value is -1.78. The van der Waals surface area contributed by atoms with E-state index >= 15 is 0 Å². The van der Waals surface area contributed by atoms with Crippen molar-refractivity contribution in [3.05, 3.63) is 29.6 Å². The van der Waals surface area contributed by atoms with Gasteiger partial charge in [0.15, 0.2) is 0 Å². The van der Waals surface area contributed by atoms with Gasteiger partial charge in [0.1, 0.15) is 11.4 Å². The number of amides is 1. The number of hydrogen-bond donors (Lipinski definition) is 1. The maximum absolute atomic E-state index is 14.0. The molecule has 0 atom stereocenters. The number of carbonyl (C=O) groups excluding carboxylic acids is 1. The van der Waals surface area contributed by atoms with Gasteiger partial charge >= 0.3 is 6.09 Å². The van der Waals surface area contributed by atoms with Gasteiger partial charge < -0.3 is 15.4 Å². The van der Waals surface area contributed by atoms with Crippen LogP contribution < -0.4 is 5.73 Å². The Labute approximate surface area is 136 Å². The maximum atomic E-state index is 14.0. The first-order valence-electron chi connectivity index (χ1n) is 8.20. The monoisotopic (exact) mass is 320 g/mol. The lowest BCUT2D eigenvalue weighted by molar-refractivity contribution is 0.0229. The number of benzene rings is 1. The lowest BCUT2D eigenvalue weighted by atomic mass is 9.59. The van der Waals surface area contributed by atoms with Crippen LogP contribution in [0.25, 0.3) is 0 Å². The second-order valence-electron chi connectivity index (χ2n) is 8.04. The highest BCUT2D eigenvalue weighted by atomic mass is 19.1. The molecule has 0 unspecified atom stereocenters. The molecular weight excluding hydrogens is 295 g/mol. The van der Waals surface area contributed by atoms with E-state index in [1.807, 2.05) is 20.8 Å². The quantitative estimate of drug-likeness (QED) is 0.798. The fourth-order valence-corrected chi connectivity index (χ4v) is 3.83. The SMILES string of the molecule is CC(C)(C)OC(=O)N1CCC2(CC(c3ccc(N)cc3F)C2)C1. The normalized spacial score (nSPS) is 27.1. The van der Waals surface area contributed by atoms with Gasteiger partial charge in [-0.05, 0) is 69.1 Å². The third-order valence-corrected chi connectivity index (χ3v) is 4.91. The molecule has 4 nitrogen and oxygen atoms in total. The van der Waals surface area contributed by atoms with Crippen LogP contribution in [0.4, 0.5) is 14.9 Å². The third-order valence-electron chi connectivity index (χ3n) is 4.91. The zero-order chi connectivity index (χ0) is 16.8. The van der Waals surface area contributed by atoms with Gasteiger partial charge in [-0.3, -0.25) is 0 Å². The second-order valence-corrected chi connectivity index (χ2v) is 8.04. The number of anilines is 1. The predicted octanol–water partition coefficient (Wildman–Crippen LogP) is 3.91. The van der Waals surface area contributed by atoms with Gasteiger partial charge in [0.25, 0.3) is 0 Å². The Morgan fingerprint density at radius 3 is 2.70 bits per heavy atom. The van der Waals surface area contributed by atoms with Crippen molar-refractivity contribution in [3.63, 3.8) is 0 Å². The molecule has 0 bridgehead atoms. The first-order valence-corrected chi connectivity index (χ1v) is 8.20. The number of likely N-dealkylation sites (tertiary alicyclic amines) is 1. The molecule has 1 spiro atoms. The molecule has 1 saturated heterocycles. The summed E-state index contributed by atoms with van der Waals surface area (Å²) in [6.45, 7) is 7.07. The summed E-state index contributed by atoms with van der Waals surface area (Å²) >= 11 is 0. The van der Waals surface area contributed by atoms with Crippen LogP contribution in [0.3, 0.4) is 0 Å². The van der Waals surface area contributed by atoms with Crippen LogP contribution in [0.15, 0.2) is 18.2 Å². The molecular formula is C18H25FN2O2. The molecule has 3 rings (SSSR count). The largest absolute Gasteiger partial charge is 0.444 e. The van der Waals surface area contributed by atoms with E-state index in [1.54, 1.807) is 17.0 Å². The first-order chi connectivity index (χ1) is 10.7. The molecule has 2 aliphatic rings. The Kier molecular flexibility index (Phi) is 3.77. The van der Waals surface area contributed by atoms with Crippen LogP contribution >= 0.6 is 0 Å². The molecule has 1 aromatic carbocycles. The summed E-state index contributed by atoms with van der Waals surface area (Å²) in [5.74, 6) is 0.0148. The first kappa shape index (κ1) is 16.1. The summed E-state index contributed by atoms with van der Waals surface area (Å²) in [7, 11) is 0. The minimum atomic E-state index is -0.470. The summed E-state index contributed by atoms with van der Waals surface area (Å²) in [6.07, 6.45) is 2.58. The molecule has 5 heteroatoms. The van der Waals surface area contributed by atoms with Gasteiger partial charge in [0.2, 0.25) is 0 Å². The summed E-state index contributed by atoms with van der Waals surface area (Å²) in [5, 5.41) is 0. The molecule has 2 fully saturated rings. The van der Waals surface area contributed by atoms with E-state index in [4.69, 9.17) is 10.5 Å². The van der Waals surface area contributed by atoms with Gasteiger partial charge in [-0.15, -0.1) is 0 Å². The Morgan fingerprint density at radius 2 is 2.09 bits per heavy atom. The van der Waals surface area contributed by atoms with E-state index < -0.39 is 5.60 Å². The van der Waals surface area contributed by atoms with Crippen molar-refractivity contribution >= 4 is 11.8 Å². The van der Waals surface area contributed by atoms with Gasteiger partial charge in [-0.25, -0.2) is 9.18 Å². The minimum absolute atomic E-state index is 0.134. The van der Waals surface area contributed by atoms with Crippen LogP contribution in [0.1, 0.15) is 51.5 Å². The Balaban J connectivity index is 1.60. The van der Waals surface area contributed by atoms with Gasteiger partial charge in [0, 0.05) is 18.8 Å². The second kappa shape index (κ2) is 5.39. The topological polar surface area (TPSA) is 55.6 Å². The number of hydrogen-bond acceptors (Lipinski definition) is 3. The van der Waals surface area contributed by atoms with Crippen molar-refractivity contribution in [2.75, 3.05) is 18.8 Å². The number of ether oxygens (including phenoxy) is 1. The number of nitrogens with two attached hydrogens (primary N) is 1. The fraction of sp³-hybridized carbons (Fsp3) is 0.611.